The van der Waals surface area contributed by atoms with Crippen molar-refractivity contribution in [1.29, 1.82) is 0 Å². The Morgan fingerprint density at radius 3 is 2.71 bits per heavy atom. The number of aryl methyl sites for hydroxylation is 2. The number of sulfonamides is 1. The number of thiophene rings is 1. The molecular formula is C21H20FN3O4S2. The molecule has 2 N–H and O–H groups in total. The summed E-state index contributed by atoms with van der Waals surface area (Å²) in [5.41, 5.74) is 1.90. The molecule has 2 aromatic heterocycles. The first-order valence-corrected chi connectivity index (χ1v) is 11.9. The van der Waals surface area contributed by atoms with Crippen LogP contribution in [0.5, 0.6) is 0 Å². The number of carbonyl (C=O) groups is 1. The number of carbonyl (C=O) groups excluding carboxylic acids is 1. The molecule has 0 saturated heterocycles. The summed E-state index contributed by atoms with van der Waals surface area (Å²) < 4.78 is 46.5. The lowest BCUT2D eigenvalue weighted by Crippen LogP contribution is -2.14. The van der Waals surface area contributed by atoms with Crippen LogP contribution in [0.3, 0.4) is 0 Å². The third kappa shape index (κ3) is 4.86. The van der Waals surface area contributed by atoms with E-state index in [0.717, 1.165) is 24.2 Å². The molecule has 1 fully saturated rings. The molecule has 0 atom stereocenters. The highest BCUT2D eigenvalue weighted by atomic mass is 32.2. The molecule has 31 heavy (non-hydrogen) atoms. The van der Waals surface area contributed by atoms with E-state index in [-0.39, 0.29) is 16.0 Å². The topological polar surface area (TPSA) is 101 Å². The van der Waals surface area contributed by atoms with Crippen LogP contribution in [0.15, 0.2) is 39.1 Å². The van der Waals surface area contributed by atoms with Crippen molar-refractivity contribution in [2.45, 2.75) is 30.9 Å². The van der Waals surface area contributed by atoms with Crippen LogP contribution in [-0.4, -0.2) is 19.5 Å². The van der Waals surface area contributed by atoms with E-state index in [9.17, 15) is 17.6 Å². The van der Waals surface area contributed by atoms with E-state index in [1.165, 1.54) is 24.3 Å². The maximum Gasteiger partial charge on any atom is 0.271 e. The Balaban J connectivity index is 1.50. The van der Waals surface area contributed by atoms with Crippen molar-refractivity contribution in [3.05, 3.63) is 58.0 Å². The number of nitrogens with zero attached hydrogens (tertiary/aromatic N) is 1. The van der Waals surface area contributed by atoms with Crippen molar-refractivity contribution in [3.63, 3.8) is 0 Å². The summed E-state index contributed by atoms with van der Waals surface area (Å²) in [6.45, 7) is 3.37. The van der Waals surface area contributed by atoms with Gasteiger partial charge in [0, 0.05) is 10.8 Å². The number of aromatic nitrogens is 1. The van der Waals surface area contributed by atoms with Crippen LogP contribution >= 0.6 is 11.3 Å². The molecule has 1 saturated carbocycles. The lowest BCUT2D eigenvalue weighted by Gasteiger charge is -2.09. The Labute approximate surface area is 183 Å². The van der Waals surface area contributed by atoms with E-state index in [4.69, 9.17) is 4.52 Å². The summed E-state index contributed by atoms with van der Waals surface area (Å²) in [6, 6.07) is 7.01. The smallest absolute Gasteiger partial charge is 0.271 e. The predicted molar refractivity (Wildman–Crippen MR) is 118 cm³/mol. The van der Waals surface area contributed by atoms with Gasteiger partial charge in [-0.25, -0.2) is 12.8 Å². The zero-order valence-corrected chi connectivity index (χ0v) is 18.4. The summed E-state index contributed by atoms with van der Waals surface area (Å²) in [5.74, 6) is -0.0373. The van der Waals surface area contributed by atoms with Crippen molar-refractivity contribution in [2.24, 2.45) is 5.92 Å². The minimum absolute atomic E-state index is 0.0485. The highest BCUT2D eigenvalue weighted by molar-refractivity contribution is 7.94. The standard InChI is InChI=1S/C21H20FN3O4S2/c1-12-11-15(22)5-8-17(12)25-31(27,28)19-10-7-16(30-19)6-9-18-20(13(2)24-29-18)23-21(26)14-3-4-14/h5-11,14,25H,3-4H2,1-2H3,(H,23,26)/b9-6+. The van der Waals surface area contributed by atoms with Gasteiger partial charge in [0.1, 0.15) is 21.4 Å². The van der Waals surface area contributed by atoms with Gasteiger partial charge in [-0.05, 0) is 74.7 Å². The summed E-state index contributed by atoms with van der Waals surface area (Å²) in [7, 11) is -3.81. The first-order chi connectivity index (χ1) is 14.7. The number of halogens is 1. The number of hydrogen-bond acceptors (Lipinski definition) is 6. The summed E-state index contributed by atoms with van der Waals surface area (Å²) in [4.78, 5) is 12.7. The molecule has 0 aliphatic heterocycles. The molecular weight excluding hydrogens is 441 g/mol. The third-order valence-corrected chi connectivity index (χ3v) is 7.69. The molecule has 4 rings (SSSR count). The summed E-state index contributed by atoms with van der Waals surface area (Å²) in [5, 5.41) is 6.74. The van der Waals surface area contributed by atoms with Gasteiger partial charge in [0.05, 0.1) is 5.69 Å². The van der Waals surface area contributed by atoms with E-state index >= 15 is 0 Å². The molecule has 1 aliphatic carbocycles. The minimum atomic E-state index is -3.81. The van der Waals surface area contributed by atoms with E-state index in [1.54, 1.807) is 32.1 Å². The largest absolute Gasteiger partial charge is 0.354 e. The lowest BCUT2D eigenvalue weighted by atomic mass is 10.2. The van der Waals surface area contributed by atoms with Crippen LogP contribution < -0.4 is 10.0 Å². The Bertz CT molecular complexity index is 1270. The molecule has 0 unspecified atom stereocenters. The normalized spacial score (nSPS) is 14.2. The van der Waals surface area contributed by atoms with Crippen molar-refractivity contribution in [1.82, 2.24) is 5.16 Å². The number of amides is 1. The maximum absolute atomic E-state index is 13.3. The summed E-state index contributed by atoms with van der Waals surface area (Å²) >= 11 is 1.07. The molecule has 3 aromatic rings. The Hall–Kier alpha value is -2.98. The predicted octanol–water partition coefficient (Wildman–Crippen LogP) is 4.81. The van der Waals surface area contributed by atoms with E-state index in [0.29, 0.717) is 33.3 Å². The quantitative estimate of drug-likeness (QED) is 0.526. The first-order valence-electron chi connectivity index (χ1n) is 9.57. The van der Waals surface area contributed by atoms with Crippen molar-refractivity contribution >= 4 is 50.8 Å². The summed E-state index contributed by atoms with van der Waals surface area (Å²) in [6.07, 6.45) is 5.11. The Morgan fingerprint density at radius 2 is 2.00 bits per heavy atom. The van der Waals surface area contributed by atoms with Crippen LogP contribution in [-0.2, 0) is 14.8 Å². The molecule has 0 bridgehead atoms. The van der Waals surface area contributed by atoms with Gasteiger partial charge < -0.3 is 9.84 Å². The molecule has 0 spiro atoms. The monoisotopic (exact) mass is 461 g/mol. The fraction of sp³-hybridized carbons (Fsp3) is 0.238. The fourth-order valence-corrected chi connectivity index (χ4v) is 5.25. The number of anilines is 2. The number of nitrogens with one attached hydrogen (secondary N) is 2. The zero-order valence-electron chi connectivity index (χ0n) is 16.8. The zero-order chi connectivity index (χ0) is 22.2. The maximum atomic E-state index is 13.3. The average Bonchev–Trinajstić information content (AvgIpc) is 3.36. The molecule has 2 heterocycles. The average molecular weight is 462 g/mol. The van der Waals surface area contributed by atoms with Crippen molar-refractivity contribution < 1.29 is 22.1 Å². The molecule has 1 amide bonds. The van der Waals surface area contributed by atoms with Gasteiger partial charge in [-0.15, -0.1) is 11.3 Å². The van der Waals surface area contributed by atoms with E-state index < -0.39 is 15.8 Å². The van der Waals surface area contributed by atoms with E-state index in [1.807, 2.05) is 0 Å². The molecule has 0 radical (unpaired) electrons. The second-order valence-electron chi connectivity index (χ2n) is 7.33. The highest BCUT2D eigenvalue weighted by Gasteiger charge is 2.30. The van der Waals surface area contributed by atoms with Gasteiger partial charge in [-0.2, -0.15) is 0 Å². The Morgan fingerprint density at radius 1 is 1.23 bits per heavy atom. The minimum Gasteiger partial charge on any atom is -0.354 e. The number of rotatable bonds is 7. The second-order valence-corrected chi connectivity index (χ2v) is 10.4. The van der Waals surface area contributed by atoms with E-state index in [2.05, 4.69) is 15.2 Å². The third-order valence-electron chi connectivity index (χ3n) is 4.78. The second kappa shape index (κ2) is 8.27. The Kier molecular flexibility index (Phi) is 5.67. The van der Waals surface area contributed by atoms with Gasteiger partial charge in [0.15, 0.2) is 5.76 Å². The molecule has 162 valence electrons. The molecule has 1 aromatic carbocycles. The van der Waals surface area contributed by atoms with Gasteiger partial charge in [-0.1, -0.05) is 5.16 Å². The van der Waals surface area contributed by atoms with Crippen LogP contribution in [0.25, 0.3) is 12.2 Å². The molecule has 7 nitrogen and oxygen atoms in total. The number of hydrogen-bond donors (Lipinski definition) is 2. The fourth-order valence-electron chi connectivity index (χ4n) is 2.89. The van der Waals surface area contributed by atoms with Crippen LogP contribution in [0, 0.1) is 25.6 Å². The lowest BCUT2D eigenvalue weighted by molar-refractivity contribution is -0.117. The van der Waals surface area contributed by atoms with Gasteiger partial charge >= 0.3 is 0 Å². The highest BCUT2D eigenvalue weighted by Crippen LogP contribution is 2.32. The van der Waals surface area contributed by atoms with Gasteiger partial charge in [0.25, 0.3) is 10.0 Å². The van der Waals surface area contributed by atoms with Crippen LogP contribution in [0.1, 0.15) is 34.7 Å². The molecule has 1 aliphatic rings. The number of benzene rings is 1. The van der Waals surface area contributed by atoms with Crippen LogP contribution in [0.4, 0.5) is 15.8 Å². The van der Waals surface area contributed by atoms with Crippen molar-refractivity contribution in [3.8, 4) is 0 Å². The van der Waals surface area contributed by atoms with Gasteiger partial charge in [0.2, 0.25) is 5.91 Å². The SMILES string of the molecule is Cc1cc(F)ccc1NS(=O)(=O)c1ccc(/C=C/c2onc(C)c2NC(=O)C2CC2)s1. The first kappa shape index (κ1) is 21.3. The molecule has 10 heteroatoms. The van der Waals surface area contributed by atoms with Crippen LogP contribution in [0.2, 0.25) is 0 Å². The van der Waals surface area contributed by atoms with Crippen molar-refractivity contribution in [2.75, 3.05) is 10.0 Å². The van der Waals surface area contributed by atoms with Gasteiger partial charge in [-0.3, -0.25) is 9.52 Å².